The molecule has 1 aliphatic heterocycles. The van der Waals surface area contributed by atoms with Crippen LogP contribution >= 0.6 is 23.4 Å². The number of aryl methyl sites for hydroxylation is 1. The number of ether oxygens (including phenoxy) is 2. The first-order valence-corrected chi connectivity index (χ1v) is 18.3. The van der Waals surface area contributed by atoms with E-state index >= 15 is 0 Å². The van der Waals surface area contributed by atoms with Gasteiger partial charge in [-0.05, 0) is 122 Å². The predicted octanol–water partition coefficient (Wildman–Crippen LogP) is 8.43. The van der Waals surface area contributed by atoms with E-state index in [1.165, 1.54) is 43.9 Å². The summed E-state index contributed by atoms with van der Waals surface area (Å²) in [6, 6.07) is 14.0. The molecule has 2 fully saturated rings. The topological polar surface area (TPSA) is 64.5 Å². The van der Waals surface area contributed by atoms with Gasteiger partial charge in [0.25, 0.3) is 0 Å². The van der Waals surface area contributed by atoms with Crippen molar-refractivity contribution in [3.05, 3.63) is 88.7 Å². The molecule has 2 aromatic carbocycles. The number of benzene rings is 2. The summed E-state index contributed by atoms with van der Waals surface area (Å²) >= 11 is 8.23. The van der Waals surface area contributed by atoms with Crippen LogP contribution in [0.5, 0.6) is 5.75 Å². The van der Waals surface area contributed by atoms with Crippen molar-refractivity contribution in [2.24, 2.45) is 29.6 Å². The third-order valence-corrected chi connectivity index (χ3v) is 12.5. The van der Waals surface area contributed by atoms with Crippen LogP contribution in [0.15, 0.2) is 72.2 Å². The van der Waals surface area contributed by atoms with E-state index in [9.17, 15) is 4.79 Å². The molecule has 2 saturated carbocycles. The molecule has 7 rings (SSSR count). The average molecular weight is 658 g/mol. The molecule has 1 aromatic heterocycles. The molecule has 1 spiro atoms. The molecule has 0 N–H and O–H groups in total. The summed E-state index contributed by atoms with van der Waals surface area (Å²) < 4.78 is 11.7. The number of thioether (sulfide) groups is 1. The third-order valence-electron chi connectivity index (χ3n) is 11.2. The number of hydrogen-bond donors (Lipinski definition) is 0. The van der Waals surface area contributed by atoms with Gasteiger partial charge < -0.3 is 14.4 Å². The lowest BCUT2D eigenvalue weighted by atomic mass is 9.66. The molecule has 0 saturated heterocycles. The number of allylic oxidation sites excluding steroid dienone is 2. The Morgan fingerprint density at radius 3 is 2.76 bits per heavy atom. The second kappa shape index (κ2) is 13.6. The summed E-state index contributed by atoms with van der Waals surface area (Å²) in [5.74, 6) is 4.74. The van der Waals surface area contributed by atoms with Crippen molar-refractivity contribution in [1.29, 1.82) is 0 Å². The van der Waals surface area contributed by atoms with Gasteiger partial charge in [-0.2, -0.15) is 0 Å². The van der Waals surface area contributed by atoms with Crippen molar-refractivity contribution in [3.8, 4) is 5.75 Å². The minimum absolute atomic E-state index is 0.130. The fraction of sp³-hybridized carbons (Fsp3) is 0.500. The molecule has 6 atom stereocenters. The lowest BCUT2D eigenvalue weighted by Gasteiger charge is -2.46. The first kappa shape index (κ1) is 31.6. The highest BCUT2D eigenvalue weighted by Gasteiger charge is 2.44. The second-order valence-corrected chi connectivity index (χ2v) is 15.3. The molecule has 0 bridgehead atoms. The summed E-state index contributed by atoms with van der Waals surface area (Å²) in [6.45, 7) is 4.84. The van der Waals surface area contributed by atoms with Crippen LogP contribution < -0.4 is 9.64 Å². The number of esters is 1. The molecule has 8 heteroatoms. The minimum atomic E-state index is -0.316. The van der Waals surface area contributed by atoms with E-state index in [4.69, 9.17) is 21.1 Å². The zero-order valence-electron chi connectivity index (χ0n) is 26.9. The Balaban J connectivity index is 1.08. The zero-order chi connectivity index (χ0) is 31.7. The maximum absolute atomic E-state index is 12.6. The van der Waals surface area contributed by atoms with Crippen LogP contribution in [0.2, 0.25) is 5.02 Å². The first-order valence-electron chi connectivity index (χ1n) is 16.9. The Bertz CT molecular complexity index is 1580. The summed E-state index contributed by atoms with van der Waals surface area (Å²) in [6.07, 6.45) is 17.0. The van der Waals surface area contributed by atoms with E-state index in [1.54, 1.807) is 11.8 Å². The van der Waals surface area contributed by atoms with Crippen molar-refractivity contribution < 1.29 is 14.3 Å². The lowest BCUT2D eigenvalue weighted by molar-refractivity contribution is 0.0600. The maximum Gasteiger partial charge on any atom is 0.337 e. The fourth-order valence-corrected chi connectivity index (χ4v) is 9.46. The van der Waals surface area contributed by atoms with E-state index in [2.05, 4.69) is 46.1 Å². The monoisotopic (exact) mass is 657 g/mol. The van der Waals surface area contributed by atoms with Crippen LogP contribution in [-0.2, 0) is 16.6 Å². The lowest BCUT2D eigenvalue weighted by Crippen LogP contribution is -2.49. The number of methoxy groups -OCH3 is 1. The zero-order valence-corrected chi connectivity index (χ0v) is 28.4. The molecular formula is C38H44ClN3O3S. The number of aromatic nitrogens is 2. The Morgan fingerprint density at radius 1 is 1.15 bits per heavy atom. The van der Waals surface area contributed by atoms with Crippen LogP contribution in [0.4, 0.5) is 5.69 Å². The van der Waals surface area contributed by atoms with Crippen molar-refractivity contribution in [2.45, 2.75) is 62.4 Å². The number of carbonyl (C=O) groups is 1. The average Bonchev–Trinajstić information content (AvgIpc) is 3.19. The molecule has 3 aromatic rings. The van der Waals surface area contributed by atoms with Crippen LogP contribution in [0, 0.1) is 29.6 Å². The van der Waals surface area contributed by atoms with Gasteiger partial charge in [-0.1, -0.05) is 48.5 Å². The standard InChI is InChI=1S/C38H44ClN3O3S/c1-25(6-7-26-8-9-30(26)22-46-37-40-17-4-18-41-37)32-13-10-29(32)21-42-23-38(16-3-5-27-19-31(39)12-14-33(27)38)24-45-35-15-11-28(20-34(35)42)36(43)44-2/h4,6-7,11-12,14-15,17-20,25-26,29-30,32H,3,5,8-10,13,16,21-24H2,1-2H3/b7-6-/t25-,26+,29-,30-,32-,38-/m0/s1. The molecule has 0 radical (unpaired) electrons. The number of nitrogens with zero attached hydrogens (tertiary/aromatic N) is 3. The Kier molecular flexibility index (Phi) is 9.33. The van der Waals surface area contributed by atoms with E-state index in [1.807, 2.05) is 42.7 Å². The van der Waals surface area contributed by atoms with Crippen molar-refractivity contribution >= 4 is 35.0 Å². The van der Waals surface area contributed by atoms with Crippen molar-refractivity contribution in [1.82, 2.24) is 9.97 Å². The van der Waals surface area contributed by atoms with Gasteiger partial charge >= 0.3 is 5.97 Å². The van der Waals surface area contributed by atoms with E-state index in [-0.39, 0.29) is 11.4 Å². The minimum Gasteiger partial charge on any atom is -0.490 e. The van der Waals surface area contributed by atoms with E-state index in [0.717, 1.165) is 59.7 Å². The Labute approximate surface area is 282 Å². The smallest absolute Gasteiger partial charge is 0.337 e. The molecule has 0 unspecified atom stereocenters. The SMILES string of the molecule is COC(=O)c1ccc2c(c1)N(C[C@@H]1CC[C@H]1[C@@H](C)/C=C\[C@@H]1CC[C@H]1CSc1ncccn1)C[C@@]1(CCCc3cc(Cl)ccc31)CO2. The highest BCUT2D eigenvalue weighted by Crippen LogP contribution is 2.48. The molecule has 242 valence electrons. The summed E-state index contributed by atoms with van der Waals surface area (Å²) in [7, 11) is 1.44. The molecule has 0 amide bonds. The number of rotatable bonds is 9. The number of hydrogen-bond acceptors (Lipinski definition) is 7. The summed E-state index contributed by atoms with van der Waals surface area (Å²) in [4.78, 5) is 23.9. The number of halogens is 1. The molecule has 46 heavy (non-hydrogen) atoms. The molecule has 6 nitrogen and oxygen atoms in total. The predicted molar refractivity (Wildman–Crippen MR) is 185 cm³/mol. The van der Waals surface area contributed by atoms with Gasteiger partial charge in [0.05, 0.1) is 25.0 Å². The molecule has 4 aliphatic rings. The number of carbonyl (C=O) groups excluding carboxylic acids is 1. The summed E-state index contributed by atoms with van der Waals surface area (Å²) in [5.41, 5.74) is 4.15. The van der Waals surface area contributed by atoms with Gasteiger partial charge in [-0.3, -0.25) is 0 Å². The number of fused-ring (bicyclic) bond motifs is 3. The highest BCUT2D eigenvalue weighted by molar-refractivity contribution is 7.99. The van der Waals surface area contributed by atoms with E-state index < -0.39 is 0 Å². The van der Waals surface area contributed by atoms with Gasteiger partial charge in [-0.15, -0.1) is 0 Å². The largest absolute Gasteiger partial charge is 0.490 e. The first-order chi connectivity index (χ1) is 22.4. The maximum atomic E-state index is 12.6. The van der Waals surface area contributed by atoms with Crippen LogP contribution in [0.25, 0.3) is 0 Å². The Hall–Kier alpha value is -3.03. The number of anilines is 1. The third kappa shape index (κ3) is 6.42. The van der Waals surface area contributed by atoms with Crippen LogP contribution in [-0.4, -0.2) is 48.5 Å². The van der Waals surface area contributed by atoms with Gasteiger partial charge in [0.1, 0.15) is 5.75 Å². The summed E-state index contributed by atoms with van der Waals surface area (Å²) in [5, 5.41) is 1.68. The van der Waals surface area contributed by atoms with Gasteiger partial charge in [0, 0.05) is 41.7 Å². The molecule has 3 aliphatic carbocycles. The van der Waals surface area contributed by atoms with Crippen LogP contribution in [0.3, 0.4) is 0 Å². The van der Waals surface area contributed by atoms with Gasteiger partial charge in [0.15, 0.2) is 5.16 Å². The fourth-order valence-electron chi connectivity index (χ4n) is 8.21. The second-order valence-electron chi connectivity index (χ2n) is 13.9. The van der Waals surface area contributed by atoms with Gasteiger partial charge in [-0.25, -0.2) is 14.8 Å². The van der Waals surface area contributed by atoms with Crippen molar-refractivity contribution in [2.75, 3.05) is 37.5 Å². The van der Waals surface area contributed by atoms with Crippen LogP contribution in [0.1, 0.15) is 66.9 Å². The molecule has 2 heterocycles. The van der Waals surface area contributed by atoms with Gasteiger partial charge in [0.2, 0.25) is 0 Å². The van der Waals surface area contributed by atoms with E-state index in [0.29, 0.717) is 41.8 Å². The molecular weight excluding hydrogens is 614 g/mol. The Morgan fingerprint density at radius 2 is 2.00 bits per heavy atom. The normalized spacial score (nSPS) is 27.5. The quantitative estimate of drug-likeness (QED) is 0.0990. The highest BCUT2D eigenvalue weighted by atomic mass is 35.5. The van der Waals surface area contributed by atoms with Crippen molar-refractivity contribution in [3.63, 3.8) is 0 Å².